The first-order valence-corrected chi connectivity index (χ1v) is 12.4. The number of amides is 1. The van der Waals surface area contributed by atoms with Crippen LogP contribution in [0.4, 0.5) is 33.2 Å². The van der Waals surface area contributed by atoms with Crippen molar-refractivity contribution in [1.29, 1.82) is 0 Å². The first-order chi connectivity index (χ1) is 17.9. The molecule has 8 nitrogen and oxygen atoms in total. The highest BCUT2D eigenvalue weighted by molar-refractivity contribution is 5.99. The van der Waals surface area contributed by atoms with Gasteiger partial charge in [-0.1, -0.05) is 26.5 Å². The van der Waals surface area contributed by atoms with Crippen LogP contribution in [0.15, 0.2) is 67.4 Å². The van der Waals surface area contributed by atoms with Crippen molar-refractivity contribution in [2.24, 2.45) is 5.41 Å². The molecule has 3 aromatic rings. The third kappa shape index (κ3) is 7.27. The Hall–Kier alpha value is -3.98. The lowest BCUT2D eigenvalue weighted by Crippen LogP contribution is -2.41. The quantitative estimate of drug-likeness (QED) is 0.304. The van der Waals surface area contributed by atoms with Gasteiger partial charge in [0.1, 0.15) is 5.75 Å². The fourth-order valence-electron chi connectivity index (χ4n) is 4.09. The zero-order chi connectivity index (χ0) is 26.3. The number of piperidine rings is 1. The lowest BCUT2D eigenvalue weighted by atomic mass is 9.81. The molecule has 1 amide bonds. The average molecular weight is 505 g/mol. The summed E-state index contributed by atoms with van der Waals surface area (Å²) in [7, 11) is 0. The van der Waals surface area contributed by atoms with Crippen LogP contribution in [0.25, 0.3) is 0 Å². The third-order valence-electron chi connectivity index (χ3n) is 6.53. The van der Waals surface area contributed by atoms with E-state index in [0.29, 0.717) is 18.0 Å². The number of hydrogen-bond donors (Lipinski definition) is 3. The van der Waals surface area contributed by atoms with Crippen molar-refractivity contribution in [3.8, 4) is 5.75 Å². The maximum absolute atomic E-state index is 14.4. The molecule has 0 atom stereocenters. The maximum atomic E-state index is 14.4. The lowest BCUT2D eigenvalue weighted by molar-refractivity contribution is -0.111. The van der Waals surface area contributed by atoms with E-state index in [2.05, 4.69) is 51.2 Å². The topological polar surface area (TPSA) is 91.4 Å². The minimum Gasteiger partial charge on any atom is -0.493 e. The Labute approximate surface area is 217 Å². The summed E-state index contributed by atoms with van der Waals surface area (Å²) < 4.78 is 20.5. The van der Waals surface area contributed by atoms with Crippen LogP contribution >= 0.6 is 0 Å². The van der Waals surface area contributed by atoms with Gasteiger partial charge in [0.15, 0.2) is 11.6 Å². The van der Waals surface area contributed by atoms with E-state index in [4.69, 9.17) is 4.74 Å². The van der Waals surface area contributed by atoms with Crippen LogP contribution in [-0.2, 0) is 4.79 Å². The molecule has 1 saturated heterocycles. The van der Waals surface area contributed by atoms with Crippen molar-refractivity contribution in [3.63, 3.8) is 0 Å². The lowest BCUT2D eigenvalue weighted by Gasteiger charge is -2.38. The fourth-order valence-corrected chi connectivity index (χ4v) is 4.09. The van der Waals surface area contributed by atoms with Crippen molar-refractivity contribution >= 4 is 34.7 Å². The largest absolute Gasteiger partial charge is 0.493 e. The van der Waals surface area contributed by atoms with Gasteiger partial charge in [0.2, 0.25) is 11.9 Å². The third-order valence-corrected chi connectivity index (χ3v) is 6.53. The molecule has 4 rings (SSSR count). The summed E-state index contributed by atoms with van der Waals surface area (Å²) in [6.07, 6.45) is 4.54. The number of carbonyl (C=O) groups is 1. The molecular weight excluding hydrogens is 471 g/mol. The fraction of sp³-hybridized carbons (Fsp3) is 0.321. The molecule has 3 N–H and O–H groups in total. The number of nitrogens with zero attached hydrogens (tertiary/aromatic N) is 3. The van der Waals surface area contributed by atoms with E-state index >= 15 is 0 Å². The van der Waals surface area contributed by atoms with Gasteiger partial charge in [-0.05, 0) is 81.0 Å². The number of rotatable bonds is 10. The molecule has 1 aliphatic rings. The van der Waals surface area contributed by atoms with Gasteiger partial charge in [-0.3, -0.25) is 4.79 Å². The molecule has 2 aromatic carbocycles. The van der Waals surface area contributed by atoms with Gasteiger partial charge >= 0.3 is 0 Å². The first kappa shape index (κ1) is 26.1. The predicted octanol–water partition coefficient (Wildman–Crippen LogP) is 5.73. The minimum absolute atomic E-state index is 0.00650. The Morgan fingerprint density at radius 2 is 1.86 bits per heavy atom. The summed E-state index contributed by atoms with van der Waals surface area (Å²) in [5, 5.41) is 8.69. The van der Waals surface area contributed by atoms with Gasteiger partial charge in [-0.15, -0.1) is 0 Å². The second kappa shape index (κ2) is 11.8. The summed E-state index contributed by atoms with van der Waals surface area (Å²) in [6, 6.07) is 14.4. The highest BCUT2D eigenvalue weighted by Crippen LogP contribution is 2.32. The highest BCUT2D eigenvalue weighted by Gasteiger charge is 2.30. The predicted molar refractivity (Wildman–Crippen MR) is 145 cm³/mol. The Bertz CT molecular complexity index is 1230. The number of likely N-dealkylation sites (tertiary alicyclic amines) is 1. The van der Waals surface area contributed by atoms with Crippen LogP contribution < -0.4 is 20.7 Å². The molecule has 1 aliphatic heterocycles. The van der Waals surface area contributed by atoms with Crippen LogP contribution in [0.5, 0.6) is 5.75 Å². The molecule has 194 valence electrons. The van der Waals surface area contributed by atoms with Crippen molar-refractivity contribution in [2.75, 3.05) is 42.2 Å². The van der Waals surface area contributed by atoms with E-state index in [9.17, 15) is 9.18 Å². The Morgan fingerprint density at radius 3 is 2.57 bits per heavy atom. The number of benzene rings is 2. The number of ether oxygens (including phenoxy) is 1. The SMILES string of the molecule is C=CC(=O)Nc1cccc(Nc2nc(Nc3ccc(OCC4(C)CCN(CC)CC4)cc3)ncc2F)c1. The normalized spacial score (nSPS) is 15.0. The van der Waals surface area contributed by atoms with Crippen molar-refractivity contribution < 1.29 is 13.9 Å². The smallest absolute Gasteiger partial charge is 0.247 e. The maximum Gasteiger partial charge on any atom is 0.247 e. The molecule has 0 radical (unpaired) electrons. The van der Waals surface area contributed by atoms with Crippen molar-refractivity contribution in [3.05, 3.63) is 73.2 Å². The van der Waals surface area contributed by atoms with Crippen LogP contribution in [-0.4, -0.2) is 47.0 Å². The highest BCUT2D eigenvalue weighted by atomic mass is 19.1. The van der Waals surface area contributed by atoms with E-state index < -0.39 is 5.82 Å². The molecule has 37 heavy (non-hydrogen) atoms. The van der Waals surface area contributed by atoms with E-state index in [1.54, 1.807) is 24.3 Å². The first-order valence-electron chi connectivity index (χ1n) is 12.4. The van der Waals surface area contributed by atoms with Crippen LogP contribution in [0.1, 0.15) is 26.7 Å². The van der Waals surface area contributed by atoms with E-state index in [-0.39, 0.29) is 23.1 Å². The van der Waals surface area contributed by atoms with E-state index in [1.807, 2.05) is 24.3 Å². The number of hydrogen-bond acceptors (Lipinski definition) is 7. The summed E-state index contributed by atoms with van der Waals surface area (Å²) in [4.78, 5) is 22.3. The number of carbonyl (C=O) groups excluding carboxylic acids is 1. The van der Waals surface area contributed by atoms with Crippen LogP contribution in [0.2, 0.25) is 0 Å². The summed E-state index contributed by atoms with van der Waals surface area (Å²) in [6.45, 7) is 11.9. The molecule has 9 heteroatoms. The van der Waals surface area contributed by atoms with Gasteiger partial charge in [0, 0.05) is 22.5 Å². The molecule has 2 heterocycles. The minimum atomic E-state index is -0.604. The van der Waals surface area contributed by atoms with Crippen molar-refractivity contribution in [1.82, 2.24) is 14.9 Å². The zero-order valence-corrected chi connectivity index (χ0v) is 21.3. The Kier molecular flexibility index (Phi) is 8.35. The van der Waals surface area contributed by atoms with Gasteiger partial charge in [0.25, 0.3) is 0 Å². The Balaban J connectivity index is 1.35. The summed E-state index contributed by atoms with van der Waals surface area (Å²) >= 11 is 0. The molecule has 0 unspecified atom stereocenters. The van der Waals surface area contributed by atoms with Gasteiger partial charge in [-0.25, -0.2) is 9.37 Å². The number of anilines is 5. The molecule has 0 saturated carbocycles. The second-order valence-corrected chi connectivity index (χ2v) is 9.47. The molecular formula is C28H33FN6O2. The van der Waals surface area contributed by atoms with Gasteiger partial charge in [0.05, 0.1) is 12.8 Å². The van der Waals surface area contributed by atoms with E-state index in [0.717, 1.165) is 50.1 Å². The molecule has 1 aromatic heterocycles. The number of nitrogens with one attached hydrogen (secondary N) is 3. The number of aromatic nitrogens is 2. The summed E-state index contributed by atoms with van der Waals surface area (Å²) in [5.74, 6) is 0.110. The monoisotopic (exact) mass is 504 g/mol. The van der Waals surface area contributed by atoms with Crippen molar-refractivity contribution in [2.45, 2.75) is 26.7 Å². The molecule has 0 aliphatic carbocycles. The van der Waals surface area contributed by atoms with Crippen LogP contribution in [0, 0.1) is 11.2 Å². The van der Waals surface area contributed by atoms with Gasteiger partial charge < -0.3 is 25.6 Å². The van der Waals surface area contributed by atoms with Crippen LogP contribution in [0.3, 0.4) is 0 Å². The standard InChI is InChI=1S/C28H33FN6O2/c1-4-25(36)31-21-7-6-8-22(17-21)32-26-24(29)18-30-27(34-26)33-20-9-11-23(12-10-20)37-19-28(3)13-15-35(5-2)16-14-28/h4,6-12,17-18H,1,5,13-16,19H2,2-3H3,(H,31,36)(H2,30,32,33,34). The Morgan fingerprint density at radius 1 is 1.14 bits per heavy atom. The zero-order valence-electron chi connectivity index (χ0n) is 21.3. The van der Waals surface area contributed by atoms with E-state index in [1.165, 1.54) is 6.08 Å². The average Bonchev–Trinajstić information content (AvgIpc) is 2.91. The molecule has 0 spiro atoms. The van der Waals surface area contributed by atoms with Gasteiger partial charge in [-0.2, -0.15) is 4.98 Å². The number of halogens is 1. The second-order valence-electron chi connectivity index (χ2n) is 9.47. The molecule has 1 fully saturated rings. The summed E-state index contributed by atoms with van der Waals surface area (Å²) in [5.41, 5.74) is 2.04. The molecule has 0 bridgehead atoms.